The summed E-state index contributed by atoms with van der Waals surface area (Å²) in [5, 5.41) is 3.48. The van der Waals surface area contributed by atoms with E-state index in [-0.39, 0.29) is 5.54 Å². The van der Waals surface area contributed by atoms with E-state index in [0.29, 0.717) is 6.04 Å². The monoisotopic (exact) mass is 277 g/mol. The Morgan fingerprint density at radius 2 is 1.85 bits per heavy atom. The molecular formula is C17H31N3. The van der Waals surface area contributed by atoms with Gasteiger partial charge in [0.25, 0.3) is 0 Å². The first kappa shape index (κ1) is 17.1. The van der Waals surface area contributed by atoms with E-state index in [1.54, 1.807) is 0 Å². The van der Waals surface area contributed by atoms with Crippen LogP contribution in [-0.4, -0.2) is 28.5 Å². The van der Waals surface area contributed by atoms with E-state index in [1.807, 2.05) is 6.20 Å². The molecule has 0 bridgehead atoms. The third kappa shape index (κ3) is 6.02. The third-order valence-electron chi connectivity index (χ3n) is 3.69. The van der Waals surface area contributed by atoms with Crippen LogP contribution < -0.4 is 5.32 Å². The zero-order valence-electron chi connectivity index (χ0n) is 14.0. The van der Waals surface area contributed by atoms with Crippen LogP contribution in [0, 0.1) is 0 Å². The summed E-state index contributed by atoms with van der Waals surface area (Å²) in [6, 6.07) is 4.99. The van der Waals surface area contributed by atoms with Gasteiger partial charge in [-0.15, -0.1) is 0 Å². The third-order valence-corrected chi connectivity index (χ3v) is 3.69. The molecule has 1 rings (SSSR count). The fourth-order valence-corrected chi connectivity index (χ4v) is 2.32. The van der Waals surface area contributed by atoms with Gasteiger partial charge in [-0.1, -0.05) is 19.9 Å². The lowest BCUT2D eigenvalue weighted by Crippen LogP contribution is -2.35. The van der Waals surface area contributed by atoms with Gasteiger partial charge in [-0.2, -0.15) is 0 Å². The van der Waals surface area contributed by atoms with Crippen molar-refractivity contribution in [1.82, 2.24) is 15.2 Å². The zero-order chi connectivity index (χ0) is 15.2. The van der Waals surface area contributed by atoms with Crippen molar-refractivity contribution in [2.75, 3.05) is 7.05 Å². The summed E-state index contributed by atoms with van der Waals surface area (Å²) in [4.78, 5) is 6.99. The summed E-state index contributed by atoms with van der Waals surface area (Å²) in [6.07, 6.45) is 4.38. The summed E-state index contributed by atoms with van der Waals surface area (Å²) in [6.45, 7) is 12.8. The number of nitrogens with zero attached hydrogens (tertiary/aromatic N) is 2. The molecule has 0 radical (unpaired) electrons. The van der Waals surface area contributed by atoms with Crippen LogP contribution >= 0.6 is 0 Å². The average molecular weight is 277 g/mol. The lowest BCUT2D eigenvalue weighted by Gasteiger charge is -2.25. The molecule has 0 amide bonds. The SMILES string of the molecule is CCC(CC)N(C)Cc1ccc(CNC(C)(C)C)cn1. The number of rotatable bonds is 7. The predicted molar refractivity (Wildman–Crippen MR) is 86.7 cm³/mol. The largest absolute Gasteiger partial charge is 0.308 e. The van der Waals surface area contributed by atoms with E-state index in [4.69, 9.17) is 0 Å². The van der Waals surface area contributed by atoms with Gasteiger partial charge in [0.15, 0.2) is 0 Å². The van der Waals surface area contributed by atoms with Crippen LogP contribution in [0.3, 0.4) is 0 Å². The second-order valence-electron chi connectivity index (χ2n) is 6.65. The number of hydrogen-bond acceptors (Lipinski definition) is 3. The molecule has 1 N–H and O–H groups in total. The molecule has 3 heteroatoms. The van der Waals surface area contributed by atoms with Crippen LogP contribution in [-0.2, 0) is 13.1 Å². The fourth-order valence-electron chi connectivity index (χ4n) is 2.32. The molecular weight excluding hydrogens is 246 g/mol. The maximum absolute atomic E-state index is 4.59. The van der Waals surface area contributed by atoms with Crippen molar-refractivity contribution in [3.8, 4) is 0 Å². The van der Waals surface area contributed by atoms with E-state index in [2.05, 4.69) is 69.0 Å². The second-order valence-corrected chi connectivity index (χ2v) is 6.65. The molecule has 0 aromatic carbocycles. The number of pyridine rings is 1. The molecule has 0 saturated carbocycles. The summed E-state index contributed by atoms with van der Waals surface area (Å²) in [5.41, 5.74) is 2.54. The quantitative estimate of drug-likeness (QED) is 0.825. The molecule has 1 aromatic rings. The maximum Gasteiger partial charge on any atom is 0.0544 e. The molecule has 20 heavy (non-hydrogen) atoms. The Kier molecular flexibility index (Phi) is 6.63. The van der Waals surface area contributed by atoms with Crippen LogP contribution in [0.15, 0.2) is 18.3 Å². The highest BCUT2D eigenvalue weighted by molar-refractivity contribution is 5.14. The Hall–Kier alpha value is -0.930. The molecule has 114 valence electrons. The maximum atomic E-state index is 4.59. The van der Waals surface area contributed by atoms with Crippen molar-refractivity contribution in [2.45, 2.75) is 72.1 Å². The minimum Gasteiger partial charge on any atom is -0.308 e. The zero-order valence-corrected chi connectivity index (χ0v) is 14.0. The topological polar surface area (TPSA) is 28.2 Å². The Morgan fingerprint density at radius 1 is 1.20 bits per heavy atom. The van der Waals surface area contributed by atoms with Crippen LogP contribution in [0.25, 0.3) is 0 Å². The van der Waals surface area contributed by atoms with Crippen LogP contribution in [0.1, 0.15) is 58.7 Å². The van der Waals surface area contributed by atoms with E-state index in [9.17, 15) is 0 Å². The Labute approximate surface area is 124 Å². The minimum absolute atomic E-state index is 0.147. The molecule has 0 atom stereocenters. The Bertz CT molecular complexity index is 374. The molecule has 0 saturated heterocycles. The van der Waals surface area contributed by atoms with Gasteiger partial charge in [-0.25, -0.2) is 0 Å². The van der Waals surface area contributed by atoms with Gasteiger partial charge in [0, 0.05) is 30.9 Å². The average Bonchev–Trinajstić information content (AvgIpc) is 2.38. The fraction of sp³-hybridized carbons (Fsp3) is 0.706. The van der Waals surface area contributed by atoms with Gasteiger partial charge < -0.3 is 5.32 Å². The van der Waals surface area contributed by atoms with Gasteiger partial charge in [-0.3, -0.25) is 9.88 Å². The van der Waals surface area contributed by atoms with Crippen LogP contribution in [0.5, 0.6) is 0 Å². The highest BCUT2D eigenvalue weighted by atomic mass is 15.1. The summed E-state index contributed by atoms with van der Waals surface area (Å²) in [5.74, 6) is 0. The van der Waals surface area contributed by atoms with Crippen LogP contribution in [0.4, 0.5) is 0 Å². The number of hydrogen-bond donors (Lipinski definition) is 1. The first-order chi connectivity index (χ1) is 9.35. The first-order valence-corrected chi connectivity index (χ1v) is 7.74. The van der Waals surface area contributed by atoms with Gasteiger partial charge in [0.1, 0.15) is 0 Å². The molecule has 0 spiro atoms. The van der Waals surface area contributed by atoms with Crippen molar-refractivity contribution in [3.63, 3.8) is 0 Å². The lowest BCUT2D eigenvalue weighted by molar-refractivity contribution is 0.219. The smallest absolute Gasteiger partial charge is 0.0544 e. The first-order valence-electron chi connectivity index (χ1n) is 7.74. The van der Waals surface area contributed by atoms with E-state index in [0.717, 1.165) is 18.8 Å². The summed E-state index contributed by atoms with van der Waals surface area (Å²) < 4.78 is 0. The molecule has 0 aliphatic heterocycles. The van der Waals surface area contributed by atoms with Crippen molar-refractivity contribution in [3.05, 3.63) is 29.6 Å². The normalized spacial score (nSPS) is 12.4. The van der Waals surface area contributed by atoms with Crippen molar-refractivity contribution >= 4 is 0 Å². The number of aromatic nitrogens is 1. The van der Waals surface area contributed by atoms with E-state index in [1.165, 1.54) is 18.4 Å². The van der Waals surface area contributed by atoms with Crippen LogP contribution in [0.2, 0.25) is 0 Å². The molecule has 1 heterocycles. The predicted octanol–water partition coefficient (Wildman–Crippen LogP) is 3.59. The second kappa shape index (κ2) is 7.75. The highest BCUT2D eigenvalue weighted by Gasteiger charge is 2.12. The Morgan fingerprint density at radius 3 is 2.30 bits per heavy atom. The minimum atomic E-state index is 0.147. The van der Waals surface area contributed by atoms with Crippen molar-refractivity contribution in [2.24, 2.45) is 0 Å². The van der Waals surface area contributed by atoms with Crippen molar-refractivity contribution < 1.29 is 0 Å². The highest BCUT2D eigenvalue weighted by Crippen LogP contribution is 2.11. The van der Waals surface area contributed by atoms with E-state index < -0.39 is 0 Å². The standard InChI is InChI=1S/C17H31N3/c1-7-16(8-2)20(6)13-15-10-9-14(11-18-15)12-19-17(3,4)5/h9-11,16,19H,7-8,12-13H2,1-6H3. The summed E-state index contributed by atoms with van der Waals surface area (Å²) in [7, 11) is 2.19. The molecule has 0 aliphatic rings. The van der Waals surface area contributed by atoms with Gasteiger partial charge >= 0.3 is 0 Å². The van der Waals surface area contributed by atoms with Gasteiger partial charge in [-0.05, 0) is 52.3 Å². The molecule has 0 aliphatic carbocycles. The lowest BCUT2D eigenvalue weighted by atomic mass is 10.1. The molecule has 1 aromatic heterocycles. The summed E-state index contributed by atoms with van der Waals surface area (Å²) >= 11 is 0. The van der Waals surface area contributed by atoms with Crippen molar-refractivity contribution in [1.29, 1.82) is 0 Å². The molecule has 3 nitrogen and oxygen atoms in total. The Balaban J connectivity index is 2.54. The van der Waals surface area contributed by atoms with E-state index >= 15 is 0 Å². The number of nitrogens with one attached hydrogen (secondary N) is 1. The molecule has 0 unspecified atom stereocenters. The van der Waals surface area contributed by atoms with Gasteiger partial charge in [0.05, 0.1) is 5.69 Å². The molecule has 0 fully saturated rings. The van der Waals surface area contributed by atoms with Gasteiger partial charge in [0.2, 0.25) is 0 Å².